The summed E-state index contributed by atoms with van der Waals surface area (Å²) >= 11 is 0. The van der Waals surface area contributed by atoms with Crippen molar-refractivity contribution in [2.75, 3.05) is 40.3 Å². The van der Waals surface area contributed by atoms with Gasteiger partial charge in [-0.15, -0.1) is 0 Å². The van der Waals surface area contributed by atoms with Crippen molar-refractivity contribution in [1.29, 1.82) is 0 Å². The quantitative estimate of drug-likeness (QED) is 0.283. The first-order chi connectivity index (χ1) is 18.0. The van der Waals surface area contributed by atoms with Crippen LogP contribution in [0.2, 0.25) is 0 Å². The van der Waals surface area contributed by atoms with Crippen molar-refractivity contribution in [1.82, 2.24) is 30.4 Å². The summed E-state index contributed by atoms with van der Waals surface area (Å²) in [7, 11) is 3.97. The molecule has 1 saturated heterocycles. The SMILES string of the molecule is CN(C)CCOc1cc(F)cc(-c2cccc3[nH]c(-c4n[nH]c5cnc(C6CCNCC6)cc45)cc23)c1. The van der Waals surface area contributed by atoms with Crippen molar-refractivity contribution in [2.24, 2.45) is 0 Å². The van der Waals surface area contributed by atoms with Gasteiger partial charge in [-0.1, -0.05) is 12.1 Å². The van der Waals surface area contributed by atoms with Crippen LogP contribution in [0.3, 0.4) is 0 Å². The van der Waals surface area contributed by atoms with Crippen molar-refractivity contribution < 1.29 is 9.13 Å². The number of halogens is 1. The van der Waals surface area contributed by atoms with Gasteiger partial charge in [-0.05, 0) is 81.5 Å². The molecule has 4 heterocycles. The van der Waals surface area contributed by atoms with Crippen molar-refractivity contribution in [2.45, 2.75) is 18.8 Å². The van der Waals surface area contributed by atoms with Crippen LogP contribution in [0.1, 0.15) is 24.5 Å². The van der Waals surface area contributed by atoms with Crippen LogP contribution in [0.15, 0.2) is 54.7 Å². The number of piperidine rings is 1. The number of benzene rings is 2. The van der Waals surface area contributed by atoms with Gasteiger partial charge < -0.3 is 19.9 Å². The zero-order chi connectivity index (χ0) is 25.4. The lowest BCUT2D eigenvalue weighted by atomic mass is 9.93. The zero-order valence-electron chi connectivity index (χ0n) is 21.1. The second kappa shape index (κ2) is 9.95. The molecule has 1 aliphatic heterocycles. The molecule has 6 rings (SSSR count). The van der Waals surface area contributed by atoms with Crippen LogP contribution in [-0.2, 0) is 0 Å². The maximum atomic E-state index is 14.6. The second-order valence-corrected chi connectivity index (χ2v) is 10.0. The number of hydrogen-bond acceptors (Lipinski definition) is 5. The molecular weight excluding hydrogens is 467 g/mol. The van der Waals surface area contributed by atoms with Crippen molar-refractivity contribution in [3.63, 3.8) is 0 Å². The van der Waals surface area contributed by atoms with Gasteiger partial charge in [0.05, 0.1) is 17.4 Å². The van der Waals surface area contributed by atoms with Gasteiger partial charge in [-0.25, -0.2) is 4.39 Å². The minimum Gasteiger partial charge on any atom is -0.492 e. The zero-order valence-corrected chi connectivity index (χ0v) is 21.1. The summed E-state index contributed by atoms with van der Waals surface area (Å²) in [4.78, 5) is 10.3. The van der Waals surface area contributed by atoms with Crippen LogP contribution < -0.4 is 10.1 Å². The molecule has 1 aliphatic rings. The number of H-pyrrole nitrogens is 2. The van der Waals surface area contributed by atoms with Crippen LogP contribution in [0.4, 0.5) is 4.39 Å². The number of aromatic amines is 2. The van der Waals surface area contributed by atoms with Crippen LogP contribution in [0.5, 0.6) is 5.75 Å². The molecule has 37 heavy (non-hydrogen) atoms. The predicted molar refractivity (Wildman–Crippen MR) is 145 cm³/mol. The van der Waals surface area contributed by atoms with Gasteiger partial charge in [-0.3, -0.25) is 10.1 Å². The molecule has 0 atom stereocenters. The molecule has 0 spiro atoms. The molecule has 3 aromatic heterocycles. The Balaban J connectivity index is 1.37. The molecule has 5 aromatic rings. The molecule has 3 N–H and O–H groups in total. The summed E-state index contributed by atoms with van der Waals surface area (Å²) in [6, 6.07) is 15.2. The Morgan fingerprint density at radius 1 is 1.03 bits per heavy atom. The van der Waals surface area contributed by atoms with Crippen molar-refractivity contribution >= 4 is 21.8 Å². The fraction of sp³-hybridized carbons (Fsp3) is 0.310. The number of likely N-dealkylation sites (N-methyl/N-ethyl adjacent to an activating group) is 1. The van der Waals surface area contributed by atoms with Crippen LogP contribution >= 0.6 is 0 Å². The lowest BCUT2D eigenvalue weighted by molar-refractivity contribution is 0.260. The number of aromatic nitrogens is 4. The van der Waals surface area contributed by atoms with Gasteiger partial charge in [0.1, 0.15) is 23.9 Å². The molecule has 8 heteroatoms. The molecule has 0 unspecified atom stereocenters. The highest BCUT2D eigenvalue weighted by Gasteiger charge is 2.19. The van der Waals surface area contributed by atoms with E-state index < -0.39 is 0 Å². The Kier molecular flexibility index (Phi) is 6.36. The van der Waals surface area contributed by atoms with Crippen LogP contribution in [0, 0.1) is 5.82 Å². The van der Waals surface area contributed by atoms with E-state index in [2.05, 4.69) is 32.6 Å². The van der Waals surface area contributed by atoms with E-state index in [-0.39, 0.29) is 5.82 Å². The van der Waals surface area contributed by atoms with Gasteiger partial charge in [-0.2, -0.15) is 5.10 Å². The molecule has 0 amide bonds. The number of nitrogens with zero attached hydrogens (tertiary/aromatic N) is 3. The van der Waals surface area contributed by atoms with E-state index in [1.165, 1.54) is 6.07 Å². The summed E-state index contributed by atoms with van der Waals surface area (Å²) < 4.78 is 20.4. The number of fused-ring (bicyclic) bond motifs is 2. The largest absolute Gasteiger partial charge is 0.492 e. The summed E-state index contributed by atoms with van der Waals surface area (Å²) in [5.74, 6) is 0.673. The monoisotopic (exact) mass is 498 g/mol. The molecule has 1 fully saturated rings. The molecular formula is C29H31FN6O. The number of pyridine rings is 1. The molecule has 0 radical (unpaired) electrons. The maximum absolute atomic E-state index is 14.6. The molecule has 0 aliphatic carbocycles. The van der Waals surface area contributed by atoms with E-state index in [0.717, 1.165) is 82.5 Å². The third-order valence-corrected chi connectivity index (χ3v) is 7.13. The van der Waals surface area contributed by atoms with Gasteiger partial charge >= 0.3 is 0 Å². The average Bonchev–Trinajstić information content (AvgIpc) is 3.52. The van der Waals surface area contributed by atoms with Gasteiger partial charge in [0, 0.05) is 40.5 Å². The number of rotatable bonds is 7. The van der Waals surface area contributed by atoms with E-state index in [4.69, 9.17) is 9.72 Å². The lowest BCUT2D eigenvalue weighted by Crippen LogP contribution is -2.27. The average molecular weight is 499 g/mol. The van der Waals surface area contributed by atoms with E-state index >= 15 is 0 Å². The van der Waals surface area contributed by atoms with E-state index in [0.29, 0.717) is 18.3 Å². The van der Waals surface area contributed by atoms with Crippen molar-refractivity contribution in [3.8, 4) is 28.3 Å². The van der Waals surface area contributed by atoms with E-state index in [9.17, 15) is 4.39 Å². The molecule has 7 nitrogen and oxygen atoms in total. The van der Waals surface area contributed by atoms with Crippen LogP contribution in [0.25, 0.3) is 44.3 Å². The third kappa shape index (κ3) is 4.82. The fourth-order valence-corrected chi connectivity index (χ4v) is 5.16. The number of nitrogens with one attached hydrogen (secondary N) is 3. The summed E-state index contributed by atoms with van der Waals surface area (Å²) in [6.45, 7) is 3.30. The van der Waals surface area contributed by atoms with Crippen molar-refractivity contribution in [3.05, 3.63) is 66.2 Å². The Hall–Kier alpha value is -3.75. The predicted octanol–water partition coefficient (Wildman–Crippen LogP) is 5.32. The smallest absolute Gasteiger partial charge is 0.127 e. The fourth-order valence-electron chi connectivity index (χ4n) is 5.16. The first kappa shape index (κ1) is 23.6. The highest BCUT2D eigenvalue weighted by Crippen LogP contribution is 2.36. The number of hydrogen-bond donors (Lipinski definition) is 3. The van der Waals surface area contributed by atoms with Crippen LogP contribution in [-0.4, -0.2) is 65.4 Å². The Morgan fingerprint density at radius 2 is 1.89 bits per heavy atom. The van der Waals surface area contributed by atoms with E-state index in [1.807, 2.05) is 49.5 Å². The minimum absolute atomic E-state index is 0.318. The maximum Gasteiger partial charge on any atom is 0.127 e. The normalized spacial score (nSPS) is 14.7. The highest BCUT2D eigenvalue weighted by atomic mass is 19.1. The Morgan fingerprint density at radius 3 is 2.73 bits per heavy atom. The topological polar surface area (TPSA) is 81.9 Å². The Labute approximate surface area is 215 Å². The standard InChI is InChI=1S/C29H31FN6O/c1-36(2)10-11-37-21-13-19(12-20(30)14-21)22-4-3-5-25-23(22)15-27(33-25)29-24-16-26(18-6-8-31-9-7-18)32-17-28(24)34-35-29/h3-5,12-18,31,33H,6-11H2,1-2H3,(H,34,35). The van der Waals surface area contributed by atoms with Gasteiger partial charge in [0.25, 0.3) is 0 Å². The summed E-state index contributed by atoms with van der Waals surface area (Å²) in [5.41, 5.74) is 6.49. The van der Waals surface area contributed by atoms with E-state index in [1.54, 1.807) is 6.07 Å². The summed E-state index contributed by atoms with van der Waals surface area (Å²) in [6.07, 6.45) is 4.08. The Bertz CT molecular complexity index is 1550. The molecule has 2 aromatic carbocycles. The molecule has 0 saturated carbocycles. The van der Waals surface area contributed by atoms with Gasteiger partial charge in [0.15, 0.2) is 0 Å². The minimum atomic E-state index is -0.318. The molecule has 190 valence electrons. The summed E-state index contributed by atoms with van der Waals surface area (Å²) in [5, 5.41) is 13.3. The first-order valence-electron chi connectivity index (χ1n) is 12.8. The third-order valence-electron chi connectivity index (χ3n) is 7.13. The molecule has 0 bridgehead atoms. The highest BCUT2D eigenvalue weighted by molar-refractivity contribution is 6.01. The number of ether oxygens (including phenoxy) is 1. The lowest BCUT2D eigenvalue weighted by Gasteiger charge is -2.22. The van der Waals surface area contributed by atoms with Gasteiger partial charge in [0.2, 0.25) is 0 Å². The first-order valence-corrected chi connectivity index (χ1v) is 12.8. The second-order valence-electron chi connectivity index (χ2n) is 10.0.